The van der Waals surface area contributed by atoms with Crippen LogP contribution in [0.1, 0.15) is 73.5 Å². The van der Waals surface area contributed by atoms with Crippen LogP contribution in [0.2, 0.25) is 0 Å². The highest BCUT2D eigenvalue weighted by molar-refractivity contribution is 5.93. The molecular weight excluding hydrogens is 681 g/mol. The number of hydrogen-bond acceptors (Lipinski definition) is 8. The maximum atomic E-state index is 14.3. The van der Waals surface area contributed by atoms with Crippen LogP contribution in [0.25, 0.3) is 21.8 Å². The van der Waals surface area contributed by atoms with E-state index in [1.165, 1.54) is 41.3 Å². The summed E-state index contributed by atoms with van der Waals surface area (Å²) >= 11 is 0. The minimum Gasteiger partial charge on any atom is -0.496 e. The van der Waals surface area contributed by atoms with Crippen LogP contribution in [0, 0.1) is 23.2 Å². The Kier molecular flexibility index (Phi) is 7.92. The van der Waals surface area contributed by atoms with E-state index in [-0.39, 0.29) is 35.9 Å². The molecule has 4 saturated heterocycles. The smallest absolute Gasteiger partial charge is 0.319 e. The van der Waals surface area contributed by atoms with Gasteiger partial charge in [0.25, 0.3) is 0 Å². The fourth-order valence-electron chi connectivity index (χ4n) is 12.9. The van der Waals surface area contributed by atoms with Crippen molar-refractivity contribution in [3.8, 4) is 5.75 Å². The number of esters is 2. The number of aromatic nitrogens is 2. The topological polar surface area (TPSA) is 109 Å². The molecule has 0 radical (unpaired) electrons. The van der Waals surface area contributed by atoms with Gasteiger partial charge in [-0.2, -0.15) is 0 Å². The second kappa shape index (κ2) is 12.4. The van der Waals surface area contributed by atoms with E-state index in [0.717, 1.165) is 72.3 Å². The minimum atomic E-state index is -0.863. The lowest BCUT2D eigenvalue weighted by Crippen LogP contribution is -2.68. The molecule has 54 heavy (non-hydrogen) atoms. The van der Waals surface area contributed by atoms with E-state index < -0.39 is 10.8 Å². The second-order valence-electron chi connectivity index (χ2n) is 17.0. The van der Waals surface area contributed by atoms with Gasteiger partial charge >= 0.3 is 11.9 Å². The third-order valence-electron chi connectivity index (χ3n) is 15.0. The number of carbonyl (C=O) groups is 2. The lowest BCUT2D eigenvalue weighted by molar-refractivity contribution is -0.199. The number of aromatic amines is 2. The summed E-state index contributed by atoms with van der Waals surface area (Å²) in [6.45, 7) is 7.90. The van der Waals surface area contributed by atoms with E-state index in [1.54, 1.807) is 14.2 Å². The SMILES string of the molecule is C/C=C1/CN2COC[C@@]3(C(=O)OC)[C@@H]1C[C@@H](c1cc4c5c([nH]c4cc1OC)[C@]1(C(=O)OC)C[C@@H]4C[C@H](CC)[C@@H]1N(CC5)C4)c1[nH]c4ccccc4c1C[C@H]23. The molecule has 4 aromatic rings. The van der Waals surface area contributed by atoms with Crippen molar-refractivity contribution >= 4 is 33.7 Å². The quantitative estimate of drug-likeness (QED) is 0.184. The zero-order valence-corrected chi connectivity index (χ0v) is 32.1. The van der Waals surface area contributed by atoms with Gasteiger partial charge in [-0.25, -0.2) is 0 Å². The minimum absolute atomic E-state index is 0.0673. The molecule has 5 fully saturated rings. The highest BCUT2D eigenvalue weighted by Crippen LogP contribution is 2.58. The lowest BCUT2D eigenvalue weighted by atomic mass is 9.56. The van der Waals surface area contributed by atoms with Gasteiger partial charge in [-0.05, 0) is 74.1 Å². The zero-order valence-electron chi connectivity index (χ0n) is 32.1. The van der Waals surface area contributed by atoms with Gasteiger partial charge in [-0.1, -0.05) is 43.2 Å². The zero-order chi connectivity index (χ0) is 37.1. The molecular formula is C44H52N4O6. The van der Waals surface area contributed by atoms with Gasteiger partial charge in [0.05, 0.1) is 34.7 Å². The van der Waals surface area contributed by atoms with Crippen molar-refractivity contribution in [2.45, 2.75) is 75.8 Å². The monoisotopic (exact) mass is 732 g/mol. The number of H-pyrrole nitrogens is 2. The predicted octanol–water partition coefficient (Wildman–Crippen LogP) is 6.22. The Morgan fingerprint density at radius 2 is 1.83 bits per heavy atom. The Bertz CT molecular complexity index is 2220. The molecule has 10 heteroatoms. The van der Waals surface area contributed by atoms with Gasteiger partial charge in [0.15, 0.2) is 0 Å². The van der Waals surface area contributed by atoms with E-state index in [0.29, 0.717) is 38.0 Å². The number of allylic oxidation sites excluding steroid dienone is 1. The summed E-state index contributed by atoms with van der Waals surface area (Å²) in [6, 6.07) is 13.1. The fourth-order valence-corrected chi connectivity index (χ4v) is 12.9. The van der Waals surface area contributed by atoms with Crippen LogP contribution in [0.4, 0.5) is 0 Å². The van der Waals surface area contributed by atoms with Crippen LogP contribution in [0.3, 0.4) is 0 Å². The maximum absolute atomic E-state index is 14.3. The lowest BCUT2D eigenvalue weighted by Gasteiger charge is -2.57. The number of carbonyl (C=O) groups excluding carboxylic acids is 2. The molecule has 0 spiro atoms. The molecule has 8 bridgehead atoms. The number of rotatable bonds is 5. The summed E-state index contributed by atoms with van der Waals surface area (Å²) in [6.07, 6.45) is 7.47. The summed E-state index contributed by atoms with van der Waals surface area (Å²) in [5.41, 5.74) is 7.50. The van der Waals surface area contributed by atoms with Crippen LogP contribution < -0.4 is 4.74 Å². The van der Waals surface area contributed by atoms with Crippen LogP contribution >= 0.6 is 0 Å². The Hall–Kier alpha value is -4.12. The molecule has 10 nitrogen and oxygen atoms in total. The molecule has 10 atom stereocenters. The van der Waals surface area contributed by atoms with Gasteiger partial charge in [0, 0.05) is 88.4 Å². The Balaban J connectivity index is 1.21. The van der Waals surface area contributed by atoms with Gasteiger partial charge in [-0.3, -0.25) is 19.4 Å². The van der Waals surface area contributed by atoms with E-state index in [4.69, 9.17) is 18.9 Å². The summed E-state index contributed by atoms with van der Waals surface area (Å²) in [5.74, 6) is 1.14. The van der Waals surface area contributed by atoms with Crippen LogP contribution in [-0.4, -0.2) is 98.1 Å². The van der Waals surface area contributed by atoms with Crippen molar-refractivity contribution in [1.82, 2.24) is 19.8 Å². The molecule has 2 N–H and O–H groups in total. The molecule has 1 saturated carbocycles. The van der Waals surface area contributed by atoms with E-state index in [2.05, 4.69) is 76.1 Å². The summed E-state index contributed by atoms with van der Waals surface area (Å²) < 4.78 is 24.1. The number of nitrogens with zero attached hydrogens (tertiary/aromatic N) is 2. The van der Waals surface area contributed by atoms with Crippen molar-refractivity contribution < 1.29 is 28.5 Å². The van der Waals surface area contributed by atoms with Crippen LogP contribution in [0.5, 0.6) is 5.75 Å². The molecule has 5 aliphatic heterocycles. The first-order chi connectivity index (χ1) is 26.3. The Morgan fingerprint density at radius 3 is 2.61 bits per heavy atom. The largest absolute Gasteiger partial charge is 0.496 e. The molecule has 2 aromatic carbocycles. The first kappa shape index (κ1) is 34.4. The average molecular weight is 733 g/mol. The number of hydrogen-bond donors (Lipinski definition) is 2. The normalized spacial score (nSPS) is 35.8. The standard InChI is InChI=1S/C44H52N4O6/c1-6-25-14-24-19-43(41(49)52-4)39-28(12-13-47(20-24)40(25)43)29-15-30(36(51-3)18-35(29)46-39)31-16-33-26(7-2)21-48-23-54-22-44(33,42(50)53-5)37(48)17-32-27-10-8-9-11-34(27)45-38(31)32/h7-11,15,18,24-25,31,33,37,40,45-46H,6,12-14,16-17,19-23H2,1-5H3/b26-7-/t24-,25-,31-,33+,37-,40-,43+,44+/m0/s1. The van der Waals surface area contributed by atoms with Crippen molar-refractivity contribution in [3.63, 3.8) is 0 Å². The number of ether oxygens (including phenoxy) is 4. The Morgan fingerprint density at radius 1 is 1.00 bits per heavy atom. The predicted molar refractivity (Wildman–Crippen MR) is 206 cm³/mol. The van der Waals surface area contributed by atoms with Crippen molar-refractivity contribution in [2.75, 3.05) is 54.3 Å². The molecule has 2 aromatic heterocycles. The fraction of sp³-hybridized carbons (Fsp3) is 0.545. The highest BCUT2D eigenvalue weighted by Gasteiger charge is 2.64. The number of benzene rings is 2. The van der Waals surface area contributed by atoms with Crippen LogP contribution in [0.15, 0.2) is 48.0 Å². The van der Waals surface area contributed by atoms with Gasteiger partial charge in [0.1, 0.15) is 16.6 Å². The van der Waals surface area contributed by atoms with E-state index in [9.17, 15) is 9.59 Å². The molecule has 284 valence electrons. The van der Waals surface area contributed by atoms with Crippen LogP contribution in [-0.2, 0) is 42.1 Å². The molecule has 0 amide bonds. The average Bonchev–Trinajstić information content (AvgIpc) is 3.72. The first-order valence-corrected chi connectivity index (χ1v) is 20.0. The second-order valence-corrected chi connectivity index (χ2v) is 17.0. The number of nitrogens with one attached hydrogen (secondary N) is 2. The number of para-hydroxylation sites is 1. The van der Waals surface area contributed by atoms with Crippen molar-refractivity contribution in [1.29, 1.82) is 0 Å². The molecule has 2 unspecified atom stereocenters. The third-order valence-corrected chi connectivity index (χ3v) is 15.0. The Labute approximate surface area is 316 Å². The van der Waals surface area contributed by atoms with Crippen molar-refractivity contribution in [2.24, 2.45) is 23.2 Å². The summed E-state index contributed by atoms with van der Waals surface area (Å²) in [7, 11) is 4.83. The van der Waals surface area contributed by atoms with E-state index in [1.807, 2.05) is 0 Å². The van der Waals surface area contributed by atoms with Crippen molar-refractivity contribution in [3.05, 3.63) is 76.1 Å². The van der Waals surface area contributed by atoms with E-state index >= 15 is 0 Å². The molecule has 11 rings (SSSR count). The summed E-state index contributed by atoms with van der Waals surface area (Å²) in [4.78, 5) is 41.3. The molecule has 7 heterocycles. The molecule has 2 aliphatic carbocycles. The number of methoxy groups -OCH3 is 3. The number of piperidine rings is 3. The molecule has 7 aliphatic rings. The van der Waals surface area contributed by atoms with Gasteiger partial charge in [-0.15, -0.1) is 0 Å². The first-order valence-electron chi connectivity index (χ1n) is 20.0. The maximum Gasteiger partial charge on any atom is 0.319 e. The van der Waals surface area contributed by atoms with Gasteiger partial charge < -0.3 is 28.9 Å². The van der Waals surface area contributed by atoms with Gasteiger partial charge in [0.2, 0.25) is 0 Å². The number of fused-ring (bicyclic) bond motifs is 7. The third kappa shape index (κ3) is 4.44. The summed E-state index contributed by atoms with van der Waals surface area (Å²) in [5, 5.41) is 2.33. The highest BCUT2D eigenvalue weighted by atomic mass is 16.5.